The molecule has 1 aliphatic rings. The predicted octanol–water partition coefficient (Wildman–Crippen LogP) is 3.37. The maximum absolute atomic E-state index is 12.8. The molecule has 7 nitrogen and oxygen atoms in total. The second-order valence-electron chi connectivity index (χ2n) is 7.06. The molecule has 1 atom stereocenters. The van der Waals surface area contributed by atoms with Gasteiger partial charge in [-0.2, -0.15) is 5.10 Å². The summed E-state index contributed by atoms with van der Waals surface area (Å²) < 4.78 is 31.0. The van der Waals surface area contributed by atoms with E-state index < -0.39 is 9.84 Å². The van der Waals surface area contributed by atoms with E-state index >= 15 is 0 Å². The summed E-state index contributed by atoms with van der Waals surface area (Å²) in [6.07, 6.45) is 0.477. The van der Waals surface area contributed by atoms with Crippen LogP contribution in [0.3, 0.4) is 0 Å². The number of nitrogens with zero attached hydrogens (tertiary/aromatic N) is 2. The molecule has 0 unspecified atom stereocenters. The van der Waals surface area contributed by atoms with E-state index in [1.165, 1.54) is 0 Å². The van der Waals surface area contributed by atoms with Crippen LogP contribution in [0, 0.1) is 13.8 Å². The molecule has 0 saturated carbocycles. The summed E-state index contributed by atoms with van der Waals surface area (Å²) in [5, 5.41) is 7.50. The van der Waals surface area contributed by atoms with Crippen LogP contribution in [0.1, 0.15) is 34.3 Å². The number of benzene rings is 1. The van der Waals surface area contributed by atoms with Gasteiger partial charge in [-0.3, -0.25) is 4.79 Å². The molecule has 0 spiro atoms. The number of hydrogen-bond acceptors (Lipinski definition) is 5. The second-order valence-corrected chi connectivity index (χ2v) is 9.29. The first kappa shape index (κ1) is 18.5. The van der Waals surface area contributed by atoms with Crippen LogP contribution in [0.4, 0.5) is 5.82 Å². The molecule has 0 aliphatic carbocycles. The summed E-state index contributed by atoms with van der Waals surface area (Å²) in [5.74, 6) is 1.51. The van der Waals surface area contributed by atoms with Gasteiger partial charge in [-0.05, 0) is 26.3 Å². The zero-order chi connectivity index (χ0) is 19.9. The van der Waals surface area contributed by atoms with Crippen molar-refractivity contribution in [1.82, 2.24) is 9.78 Å². The summed E-state index contributed by atoms with van der Waals surface area (Å²) in [6.45, 7) is 3.52. The monoisotopic (exact) mass is 399 g/mol. The number of furan rings is 1. The van der Waals surface area contributed by atoms with Crippen molar-refractivity contribution < 1.29 is 17.6 Å². The summed E-state index contributed by atoms with van der Waals surface area (Å²) in [4.78, 5) is 12.8. The first-order valence-electron chi connectivity index (χ1n) is 9.06. The topological polar surface area (TPSA) is 94.2 Å². The zero-order valence-electron chi connectivity index (χ0n) is 15.7. The van der Waals surface area contributed by atoms with Gasteiger partial charge >= 0.3 is 0 Å². The van der Waals surface area contributed by atoms with E-state index in [4.69, 9.17) is 4.42 Å². The third kappa shape index (κ3) is 3.60. The Morgan fingerprint density at radius 3 is 2.57 bits per heavy atom. The van der Waals surface area contributed by atoms with Gasteiger partial charge in [0.25, 0.3) is 5.91 Å². The third-order valence-corrected chi connectivity index (χ3v) is 6.64. The number of nitrogens with one attached hydrogen (secondary N) is 1. The van der Waals surface area contributed by atoms with Gasteiger partial charge in [0.2, 0.25) is 0 Å². The molecule has 3 aromatic rings. The van der Waals surface area contributed by atoms with Crippen LogP contribution in [-0.4, -0.2) is 35.6 Å². The first-order chi connectivity index (χ1) is 13.3. The molecule has 1 amide bonds. The van der Waals surface area contributed by atoms with E-state index in [0.29, 0.717) is 35.0 Å². The van der Waals surface area contributed by atoms with Gasteiger partial charge in [0, 0.05) is 11.6 Å². The van der Waals surface area contributed by atoms with Crippen molar-refractivity contribution in [2.24, 2.45) is 0 Å². The van der Waals surface area contributed by atoms with Crippen LogP contribution in [0.2, 0.25) is 0 Å². The minimum atomic E-state index is -3.09. The quantitative estimate of drug-likeness (QED) is 0.726. The van der Waals surface area contributed by atoms with E-state index in [1.807, 2.05) is 30.3 Å². The molecule has 1 N–H and O–H groups in total. The van der Waals surface area contributed by atoms with Crippen molar-refractivity contribution >= 4 is 21.6 Å². The van der Waals surface area contributed by atoms with E-state index in [2.05, 4.69) is 10.4 Å². The fourth-order valence-electron chi connectivity index (χ4n) is 3.52. The molecule has 8 heteroatoms. The standard InChI is InChI=1S/C20H21N3O4S/c1-13-10-17(14(2)27-13)20(24)21-19-11-18(15-6-4-3-5-7-15)22-23(19)16-8-9-28(25,26)12-16/h3-7,10-11,16H,8-9,12H2,1-2H3,(H,21,24)/t16-/m1/s1. The highest BCUT2D eigenvalue weighted by atomic mass is 32.2. The molecule has 0 bridgehead atoms. The Morgan fingerprint density at radius 1 is 1.21 bits per heavy atom. The minimum absolute atomic E-state index is 0.0234. The van der Waals surface area contributed by atoms with E-state index in [0.717, 1.165) is 5.56 Å². The van der Waals surface area contributed by atoms with Crippen molar-refractivity contribution in [3.8, 4) is 11.3 Å². The lowest BCUT2D eigenvalue weighted by Crippen LogP contribution is -2.19. The van der Waals surface area contributed by atoms with Crippen LogP contribution < -0.4 is 5.32 Å². The smallest absolute Gasteiger partial charge is 0.260 e. The number of sulfone groups is 1. The molecule has 146 valence electrons. The second kappa shape index (κ2) is 6.94. The van der Waals surface area contributed by atoms with Gasteiger partial charge in [-0.15, -0.1) is 0 Å². The Kier molecular flexibility index (Phi) is 4.58. The lowest BCUT2D eigenvalue weighted by atomic mass is 10.1. The van der Waals surface area contributed by atoms with Gasteiger partial charge < -0.3 is 9.73 Å². The molecule has 2 aromatic heterocycles. The van der Waals surface area contributed by atoms with Crippen molar-refractivity contribution in [2.45, 2.75) is 26.3 Å². The molecule has 1 saturated heterocycles. The van der Waals surface area contributed by atoms with Gasteiger partial charge in [-0.1, -0.05) is 30.3 Å². The number of hydrogen-bond donors (Lipinski definition) is 1. The Morgan fingerprint density at radius 2 is 1.96 bits per heavy atom. The Labute approximate surface area is 163 Å². The molecule has 4 rings (SSSR count). The molecule has 1 fully saturated rings. The fourth-order valence-corrected chi connectivity index (χ4v) is 5.22. The van der Waals surface area contributed by atoms with Crippen LogP contribution >= 0.6 is 0 Å². The van der Waals surface area contributed by atoms with Gasteiger partial charge in [0.05, 0.1) is 28.8 Å². The SMILES string of the molecule is Cc1cc(C(=O)Nc2cc(-c3ccccc3)nn2[C@@H]2CCS(=O)(=O)C2)c(C)o1. The molecule has 28 heavy (non-hydrogen) atoms. The van der Waals surface area contributed by atoms with Crippen molar-refractivity contribution in [3.05, 3.63) is 59.5 Å². The molecular weight excluding hydrogens is 378 g/mol. The molecule has 3 heterocycles. The molecule has 1 aliphatic heterocycles. The van der Waals surface area contributed by atoms with Crippen LogP contribution in [0.5, 0.6) is 0 Å². The highest BCUT2D eigenvalue weighted by Gasteiger charge is 2.32. The highest BCUT2D eigenvalue weighted by Crippen LogP contribution is 2.30. The third-order valence-electron chi connectivity index (χ3n) is 4.89. The zero-order valence-corrected chi connectivity index (χ0v) is 16.5. The maximum atomic E-state index is 12.8. The number of anilines is 1. The lowest BCUT2D eigenvalue weighted by molar-refractivity contribution is 0.102. The molecule has 0 radical (unpaired) electrons. The number of aryl methyl sites for hydroxylation is 2. The van der Waals surface area contributed by atoms with E-state index in [1.54, 1.807) is 30.7 Å². The van der Waals surface area contributed by atoms with Gasteiger partial charge in [0.15, 0.2) is 9.84 Å². The normalized spacial score (nSPS) is 18.3. The van der Waals surface area contributed by atoms with E-state index in [-0.39, 0.29) is 23.5 Å². The van der Waals surface area contributed by atoms with E-state index in [9.17, 15) is 13.2 Å². The summed E-state index contributed by atoms with van der Waals surface area (Å²) in [7, 11) is -3.09. The maximum Gasteiger partial charge on any atom is 0.260 e. The predicted molar refractivity (Wildman–Crippen MR) is 106 cm³/mol. The lowest BCUT2D eigenvalue weighted by Gasteiger charge is -2.13. The Balaban J connectivity index is 1.71. The number of rotatable bonds is 4. The Hall–Kier alpha value is -2.87. The average Bonchev–Trinajstić information content (AvgIpc) is 3.32. The van der Waals surface area contributed by atoms with Gasteiger partial charge in [-0.25, -0.2) is 13.1 Å². The summed E-state index contributed by atoms with van der Waals surface area (Å²) >= 11 is 0. The molecule has 1 aromatic carbocycles. The first-order valence-corrected chi connectivity index (χ1v) is 10.9. The summed E-state index contributed by atoms with van der Waals surface area (Å²) in [6, 6.07) is 12.7. The average molecular weight is 399 g/mol. The summed E-state index contributed by atoms with van der Waals surface area (Å²) in [5.41, 5.74) is 2.03. The van der Waals surface area contributed by atoms with Crippen LogP contribution in [-0.2, 0) is 9.84 Å². The number of carbonyl (C=O) groups excluding carboxylic acids is 1. The van der Waals surface area contributed by atoms with Crippen molar-refractivity contribution in [1.29, 1.82) is 0 Å². The fraction of sp³-hybridized carbons (Fsp3) is 0.300. The van der Waals surface area contributed by atoms with Gasteiger partial charge in [0.1, 0.15) is 17.3 Å². The van der Waals surface area contributed by atoms with Crippen LogP contribution in [0.15, 0.2) is 46.9 Å². The number of aromatic nitrogens is 2. The molecular formula is C20H21N3O4S. The van der Waals surface area contributed by atoms with Crippen molar-refractivity contribution in [2.75, 3.05) is 16.8 Å². The van der Waals surface area contributed by atoms with Crippen molar-refractivity contribution in [3.63, 3.8) is 0 Å². The van der Waals surface area contributed by atoms with Crippen LogP contribution in [0.25, 0.3) is 11.3 Å². The highest BCUT2D eigenvalue weighted by molar-refractivity contribution is 7.91. The Bertz CT molecular complexity index is 1130. The minimum Gasteiger partial charge on any atom is -0.466 e. The largest absolute Gasteiger partial charge is 0.466 e. The number of amides is 1. The number of carbonyl (C=O) groups is 1.